The van der Waals surface area contributed by atoms with E-state index in [1.807, 2.05) is 60.7 Å². The van der Waals surface area contributed by atoms with Crippen molar-refractivity contribution in [3.05, 3.63) is 71.8 Å². The van der Waals surface area contributed by atoms with Gasteiger partial charge >= 0.3 is 6.03 Å². The van der Waals surface area contributed by atoms with Crippen molar-refractivity contribution < 1.29 is 28.8 Å². The standard InChI is InChI=1S/C32H43N7O6/c1-21(40)36-25(19-22-11-5-3-6-12-22)29(42)37-24(15-9-17-35-32(33)45)28(41)38-26(20-23-13-7-4-8-14-23)31(44)39-18-10-16-27(39)30(43)34-2/h3-8,11-14,24-27H,9-10,15-20H2,1-2H3,(H,34,43)(H,36,40)(H,37,42)(H,38,41)(H3,33,35,45)/t24-,25-,26-,27-/m0/s1. The number of hydrogen-bond acceptors (Lipinski definition) is 6. The molecule has 1 heterocycles. The number of carbonyl (C=O) groups excluding carboxylic acids is 6. The van der Waals surface area contributed by atoms with E-state index < -0.39 is 53.8 Å². The Balaban J connectivity index is 1.84. The molecular weight excluding hydrogens is 578 g/mol. The first-order chi connectivity index (χ1) is 21.6. The van der Waals surface area contributed by atoms with Gasteiger partial charge in [-0.3, -0.25) is 24.0 Å². The van der Waals surface area contributed by atoms with Gasteiger partial charge in [0.1, 0.15) is 24.2 Å². The van der Waals surface area contributed by atoms with Gasteiger partial charge in [0.15, 0.2) is 0 Å². The van der Waals surface area contributed by atoms with Crippen molar-refractivity contribution in [3.63, 3.8) is 0 Å². The van der Waals surface area contributed by atoms with Gasteiger partial charge < -0.3 is 37.2 Å². The molecule has 2 aromatic carbocycles. The van der Waals surface area contributed by atoms with Crippen LogP contribution in [0.15, 0.2) is 60.7 Å². The number of carbonyl (C=O) groups is 6. The summed E-state index contributed by atoms with van der Waals surface area (Å²) in [6.07, 6.45) is 1.89. The van der Waals surface area contributed by atoms with E-state index in [9.17, 15) is 28.8 Å². The molecule has 7 amide bonds. The Morgan fingerprint density at radius 3 is 1.93 bits per heavy atom. The molecule has 7 N–H and O–H groups in total. The predicted molar refractivity (Wildman–Crippen MR) is 167 cm³/mol. The van der Waals surface area contributed by atoms with Crippen LogP contribution >= 0.6 is 0 Å². The fourth-order valence-electron chi connectivity index (χ4n) is 5.36. The zero-order chi connectivity index (χ0) is 32.8. The van der Waals surface area contributed by atoms with Crippen LogP contribution in [0.2, 0.25) is 0 Å². The van der Waals surface area contributed by atoms with E-state index in [0.717, 1.165) is 11.1 Å². The summed E-state index contributed by atoms with van der Waals surface area (Å²) in [4.78, 5) is 78.3. The average Bonchev–Trinajstić information content (AvgIpc) is 3.52. The lowest BCUT2D eigenvalue weighted by Gasteiger charge is -2.30. The van der Waals surface area contributed by atoms with Crippen LogP contribution in [0.4, 0.5) is 4.79 Å². The summed E-state index contributed by atoms with van der Waals surface area (Å²) in [5, 5.41) is 13.3. The summed E-state index contributed by atoms with van der Waals surface area (Å²) in [5.74, 6) is -2.29. The number of amides is 7. The van der Waals surface area contributed by atoms with Crippen molar-refractivity contribution in [2.45, 2.75) is 69.6 Å². The summed E-state index contributed by atoms with van der Waals surface area (Å²) in [7, 11) is 1.51. The van der Waals surface area contributed by atoms with Gasteiger partial charge in [0.05, 0.1) is 0 Å². The molecule has 0 radical (unpaired) electrons. The van der Waals surface area contributed by atoms with Gasteiger partial charge in [-0.25, -0.2) is 4.79 Å². The van der Waals surface area contributed by atoms with E-state index in [2.05, 4.69) is 26.6 Å². The highest BCUT2D eigenvalue weighted by molar-refractivity contribution is 5.95. The van der Waals surface area contributed by atoms with Gasteiger partial charge in [-0.15, -0.1) is 0 Å². The summed E-state index contributed by atoms with van der Waals surface area (Å²) in [6.45, 7) is 1.83. The van der Waals surface area contributed by atoms with E-state index in [4.69, 9.17) is 5.73 Å². The van der Waals surface area contributed by atoms with Crippen LogP contribution in [0.5, 0.6) is 0 Å². The van der Waals surface area contributed by atoms with E-state index in [0.29, 0.717) is 19.4 Å². The molecule has 0 aromatic heterocycles. The number of benzene rings is 2. The van der Waals surface area contributed by atoms with Crippen LogP contribution in [-0.4, -0.2) is 84.8 Å². The molecule has 0 unspecified atom stereocenters. The maximum absolute atomic E-state index is 13.9. The number of nitrogens with two attached hydrogens (primary N) is 1. The topological polar surface area (TPSA) is 192 Å². The molecule has 1 aliphatic heterocycles. The summed E-state index contributed by atoms with van der Waals surface area (Å²) < 4.78 is 0. The lowest BCUT2D eigenvalue weighted by Crippen LogP contribution is -2.58. The van der Waals surface area contributed by atoms with Crippen LogP contribution < -0.4 is 32.3 Å². The largest absolute Gasteiger partial charge is 0.357 e. The minimum Gasteiger partial charge on any atom is -0.357 e. The molecule has 45 heavy (non-hydrogen) atoms. The molecule has 0 aliphatic carbocycles. The number of primary amides is 1. The molecule has 1 saturated heterocycles. The molecule has 2 aromatic rings. The molecule has 4 atom stereocenters. The molecule has 13 nitrogen and oxygen atoms in total. The normalized spacial score (nSPS) is 16.0. The Morgan fingerprint density at radius 2 is 1.38 bits per heavy atom. The minimum absolute atomic E-state index is 0.104. The zero-order valence-electron chi connectivity index (χ0n) is 25.7. The Labute approximate surface area is 263 Å². The smallest absolute Gasteiger partial charge is 0.312 e. The summed E-state index contributed by atoms with van der Waals surface area (Å²) >= 11 is 0. The highest BCUT2D eigenvalue weighted by Gasteiger charge is 2.38. The van der Waals surface area contributed by atoms with Crippen molar-refractivity contribution >= 4 is 35.6 Å². The highest BCUT2D eigenvalue weighted by Crippen LogP contribution is 2.20. The van der Waals surface area contributed by atoms with Crippen molar-refractivity contribution in [2.75, 3.05) is 20.1 Å². The van der Waals surface area contributed by atoms with Crippen LogP contribution in [0.25, 0.3) is 0 Å². The number of likely N-dealkylation sites (N-methyl/N-ethyl adjacent to an activating group) is 1. The van der Waals surface area contributed by atoms with E-state index in [1.54, 1.807) is 0 Å². The Morgan fingerprint density at radius 1 is 0.822 bits per heavy atom. The van der Waals surface area contributed by atoms with E-state index in [-0.39, 0.29) is 38.1 Å². The molecule has 0 bridgehead atoms. The number of rotatable bonds is 15. The first-order valence-corrected chi connectivity index (χ1v) is 15.1. The maximum atomic E-state index is 13.9. The second-order valence-corrected chi connectivity index (χ2v) is 11.0. The fraction of sp³-hybridized carbons (Fsp3) is 0.438. The van der Waals surface area contributed by atoms with Gasteiger partial charge in [0.2, 0.25) is 29.5 Å². The summed E-state index contributed by atoms with van der Waals surface area (Å²) in [5.41, 5.74) is 6.78. The molecule has 3 rings (SSSR count). The van der Waals surface area contributed by atoms with Crippen molar-refractivity contribution in [2.24, 2.45) is 5.73 Å². The molecule has 1 fully saturated rings. The van der Waals surface area contributed by atoms with E-state index >= 15 is 0 Å². The second-order valence-electron chi connectivity index (χ2n) is 11.0. The van der Waals surface area contributed by atoms with Gasteiger partial charge in [0, 0.05) is 39.9 Å². The van der Waals surface area contributed by atoms with Gasteiger partial charge in [0.25, 0.3) is 0 Å². The Bertz CT molecular complexity index is 1320. The number of hydrogen-bond donors (Lipinski definition) is 6. The van der Waals surface area contributed by atoms with Crippen LogP contribution in [0.1, 0.15) is 43.7 Å². The molecule has 0 saturated carbocycles. The minimum atomic E-state index is -1.11. The number of likely N-dealkylation sites (tertiary alicyclic amines) is 1. The summed E-state index contributed by atoms with van der Waals surface area (Å²) in [6, 6.07) is 13.8. The third-order valence-corrected chi connectivity index (χ3v) is 7.56. The number of urea groups is 1. The van der Waals surface area contributed by atoms with Gasteiger partial charge in [-0.2, -0.15) is 0 Å². The molecule has 242 valence electrons. The molecular formula is C32H43N7O6. The fourth-order valence-corrected chi connectivity index (χ4v) is 5.36. The SMILES string of the molecule is CNC(=O)[C@@H]1CCCN1C(=O)[C@H](Cc1ccccc1)NC(=O)[C@H](CCCNC(N)=O)NC(=O)[C@H](Cc1ccccc1)NC(C)=O. The van der Waals surface area contributed by atoms with Crippen LogP contribution in [0, 0.1) is 0 Å². The Kier molecular flexibility index (Phi) is 13.3. The average molecular weight is 622 g/mol. The van der Waals surface area contributed by atoms with Gasteiger partial charge in [-0.1, -0.05) is 60.7 Å². The van der Waals surface area contributed by atoms with E-state index in [1.165, 1.54) is 18.9 Å². The van der Waals surface area contributed by atoms with Crippen molar-refractivity contribution in [1.82, 2.24) is 31.5 Å². The van der Waals surface area contributed by atoms with Crippen LogP contribution in [-0.2, 0) is 36.8 Å². The third-order valence-electron chi connectivity index (χ3n) is 7.56. The lowest BCUT2D eigenvalue weighted by molar-refractivity contribution is -0.141. The van der Waals surface area contributed by atoms with Crippen molar-refractivity contribution in [1.29, 1.82) is 0 Å². The Hall–Kier alpha value is -4.94. The molecule has 1 aliphatic rings. The number of nitrogens with zero attached hydrogens (tertiary/aromatic N) is 1. The molecule has 0 spiro atoms. The highest BCUT2D eigenvalue weighted by atomic mass is 16.2. The predicted octanol–water partition coefficient (Wildman–Crippen LogP) is 0.132. The van der Waals surface area contributed by atoms with Gasteiger partial charge in [-0.05, 0) is 36.8 Å². The monoisotopic (exact) mass is 621 g/mol. The first kappa shape index (κ1) is 34.5. The van der Waals surface area contributed by atoms with Crippen molar-refractivity contribution in [3.8, 4) is 0 Å². The lowest BCUT2D eigenvalue weighted by atomic mass is 10.0. The molecule has 13 heteroatoms. The second kappa shape index (κ2) is 17.4. The van der Waals surface area contributed by atoms with Crippen LogP contribution in [0.3, 0.4) is 0 Å². The third kappa shape index (κ3) is 10.9. The maximum Gasteiger partial charge on any atom is 0.312 e. The first-order valence-electron chi connectivity index (χ1n) is 15.1. The number of nitrogens with one attached hydrogen (secondary N) is 5. The zero-order valence-corrected chi connectivity index (χ0v) is 25.7. The quantitative estimate of drug-likeness (QED) is 0.153.